The number of hydrogen-bond acceptors (Lipinski definition) is 5. The van der Waals surface area contributed by atoms with Gasteiger partial charge in [-0.3, -0.25) is 15.0 Å². The molecule has 4 rings (SSSR count). The first-order valence-electron chi connectivity index (χ1n) is 12.8. The third-order valence-corrected chi connectivity index (χ3v) is 8.06. The lowest BCUT2D eigenvalue weighted by molar-refractivity contribution is -0.157. The van der Waals surface area contributed by atoms with Gasteiger partial charge >= 0.3 is 0 Å². The summed E-state index contributed by atoms with van der Waals surface area (Å²) in [4.78, 5) is 29.1. The fourth-order valence-corrected chi connectivity index (χ4v) is 6.15. The van der Waals surface area contributed by atoms with Crippen LogP contribution >= 0.6 is 0 Å². The number of nitrogens with two attached hydrogens (primary N) is 2. The number of fused-ring (bicyclic) bond motifs is 1. The van der Waals surface area contributed by atoms with E-state index in [1.54, 1.807) is 24.1 Å². The maximum atomic E-state index is 13.9. The van der Waals surface area contributed by atoms with Crippen LogP contribution in [-0.2, 0) is 20.9 Å². The summed E-state index contributed by atoms with van der Waals surface area (Å²) in [5.74, 6) is -0.0863. The van der Waals surface area contributed by atoms with Crippen LogP contribution in [-0.4, -0.2) is 53.4 Å². The van der Waals surface area contributed by atoms with Gasteiger partial charge in [0.1, 0.15) is 17.4 Å². The number of benzene rings is 1. The highest BCUT2D eigenvalue weighted by atomic mass is 16.5. The number of nitrogens with zero attached hydrogens (tertiary/aromatic N) is 1. The topological polar surface area (TPSA) is 135 Å². The SMILES string of the molecule is CCC1CC(C(=O)NCc2ccc(C(=N)N)cc2)N2C(=O)[C@@](N)(CC3=CCCCC3)CC(OC)C12. The Hall–Kier alpha value is -2.71. The van der Waals surface area contributed by atoms with Crippen LogP contribution in [0.2, 0.25) is 0 Å². The van der Waals surface area contributed by atoms with Crippen LogP contribution in [0.3, 0.4) is 0 Å². The average molecular weight is 482 g/mol. The number of rotatable bonds is 8. The number of amides is 2. The zero-order valence-electron chi connectivity index (χ0n) is 20.9. The smallest absolute Gasteiger partial charge is 0.244 e. The molecular formula is C27H39N5O3. The molecule has 2 fully saturated rings. The molecule has 0 aromatic heterocycles. The van der Waals surface area contributed by atoms with E-state index in [0.717, 1.165) is 31.2 Å². The summed E-state index contributed by atoms with van der Waals surface area (Å²) in [7, 11) is 1.68. The number of ether oxygens (including phenoxy) is 1. The lowest BCUT2D eigenvalue weighted by Crippen LogP contribution is -2.68. The molecule has 0 saturated carbocycles. The summed E-state index contributed by atoms with van der Waals surface area (Å²) in [5, 5.41) is 10.5. The van der Waals surface area contributed by atoms with Crippen molar-refractivity contribution >= 4 is 17.6 Å². The predicted octanol–water partition coefficient (Wildman–Crippen LogP) is 2.59. The molecule has 1 aliphatic carbocycles. The molecular weight excluding hydrogens is 442 g/mol. The summed E-state index contributed by atoms with van der Waals surface area (Å²) in [6.07, 6.45) is 8.87. The average Bonchev–Trinajstić information content (AvgIpc) is 3.26. The number of carbonyl (C=O) groups excluding carboxylic acids is 2. The molecule has 3 aliphatic rings. The van der Waals surface area contributed by atoms with Gasteiger partial charge in [0.05, 0.1) is 12.1 Å². The van der Waals surface area contributed by atoms with Crippen molar-refractivity contribution < 1.29 is 14.3 Å². The Morgan fingerprint density at radius 2 is 2.03 bits per heavy atom. The summed E-state index contributed by atoms with van der Waals surface area (Å²) in [6.45, 7) is 2.44. The predicted molar refractivity (Wildman–Crippen MR) is 136 cm³/mol. The maximum absolute atomic E-state index is 13.9. The van der Waals surface area contributed by atoms with Gasteiger partial charge in [0, 0.05) is 25.6 Å². The number of allylic oxidation sites excluding steroid dienone is 1. The van der Waals surface area contributed by atoms with E-state index in [1.807, 2.05) is 12.1 Å². The Labute approximate surface area is 207 Å². The Kier molecular flexibility index (Phi) is 7.62. The number of nitrogen functional groups attached to an aromatic ring is 1. The van der Waals surface area contributed by atoms with Crippen LogP contribution in [0.25, 0.3) is 0 Å². The number of nitrogens with one attached hydrogen (secondary N) is 2. The van der Waals surface area contributed by atoms with Gasteiger partial charge in [0.2, 0.25) is 11.8 Å². The van der Waals surface area contributed by atoms with E-state index in [-0.39, 0.29) is 35.7 Å². The molecule has 35 heavy (non-hydrogen) atoms. The van der Waals surface area contributed by atoms with Crippen LogP contribution in [0.5, 0.6) is 0 Å². The number of hydrogen-bond donors (Lipinski definition) is 4. The zero-order chi connectivity index (χ0) is 25.2. The van der Waals surface area contributed by atoms with Crippen LogP contribution < -0.4 is 16.8 Å². The molecule has 0 spiro atoms. The number of piperidine rings is 1. The largest absolute Gasteiger partial charge is 0.384 e. The van der Waals surface area contributed by atoms with Crippen molar-refractivity contribution in [3.63, 3.8) is 0 Å². The number of carbonyl (C=O) groups is 2. The van der Waals surface area contributed by atoms with Crippen molar-refractivity contribution in [2.75, 3.05) is 7.11 Å². The van der Waals surface area contributed by atoms with Crippen LogP contribution in [0.1, 0.15) is 69.4 Å². The van der Waals surface area contributed by atoms with Gasteiger partial charge < -0.3 is 26.4 Å². The van der Waals surface area contributed by atoms with Crippen molar-refractivity contribution in [1.29, 1.82) is 5.41 Å². The Morgan fingerprint density at radius 1 is 1.29 bits per heavy atom. The van der Waals surface area contributed by atoms with E-state index in [9.17, 15) is 9.59 Å². The fourth-order valence-electron chi connectivity index (χ4n) is 6.15. The van der Waals surface area contributed by atoms with E-state index in [4.69, 9.17) is 21.6 Å². The lowest BCUT2D eigenvalue weighted by atomic mass is 9.76. The molecule has 0 radical (unpaired) electrons. The van der Waals surface area contributed by atoms with Gasteiger partial charge in [-0.05, 0) is 50.0 Å². The molecule has 1 aromatic rings. The first kappa shape index (κ1) is 25.4. The van der Waals surface area contributed by atoms with Crippen molar-refractivity contribution in [2.45, 2.75) is 88.6 Å². The zero-order valence-corrected chi connectivity index (χ0v) is 20.9. The van der Waals surface area contributed by atoms with Gasteiger partial charge in [0.15, 0.2) is 0 Å². The van der Waals surface area contributed by atoms with Gasteiger partial charge in [-0.2, -0.15) is 0 Å². The monoisotopic (exact) mass is 481 g/mol. The highest BCUT2D eigenvalue weighted by Gasteiger charge is 2.58. The fraction of sp³-hybridized carbons (Fsp3) is 0.593. The molecule has 0 bridgehead atoms. The molecule has 2 saturated heterocycles. The van der Waals surface area contributed by atoms with Crippen LogP contribution in [0, 0.1) is 11.3 Å². The van der Waals surface area contributed by atoms with E-state index < -0.39 is 11.6 Å². The third-order valence-electron chi connectivity index (χ3n) is 8.06. The summed E-state index contributed by atoms with van der Waals surface area (Å²) < 4.78 is 5.91. The summed E-state index contributed by atoms with van der Waals surface area (Å²) >= 11 is 0. The Balaban J connectivity index is 1.53. The minimum Gasteiger partial charge on any atom is -0.384 e. The van der Waals surface area contributed by atoms with Gasteiger partial charge in [-0.1, -0.05) is 49.3 Å². The molecule has 4 unspecified atom stereocenters. The molecule has 190 valence electrons. The van der Waals surface area contributed by atoms with Gasteiger partial charge in [-0.15, -0.1) is 0 Å². The minimum absolute atomic E-state index is 0.00811. The van der Waals surface area contributed by atoms with Crippen molar-refractivity contribution in [1.82, 2.24) is 10.2 Å². The second kappa shape index (κ2) is 10.5. The number of methoxy groups -OCH3 is 1. The summed E-state index contributed by atoms with van der Waals surface area (Å²) in [5.41, 5.74) is 14.1. The van der Waals surface area contributed by atoms with Crippen molar-refractivity contribution in [3.8, 4) is 0 Å². The van der Waals surface area contributed by atoms with Crippen LogP contribution in [0.4, 0.5) is 0 Å². The molecule has 2 amide bonds. The molecule has 5 atom stereocenters. The third kappa shape index (κ3) is 5.14. The van der Waals surface area contributed by atoms with Gasteiger partial charge in [0.25, 0.3) is 0 Å². The van der Waals surface area contributed by atoms with E-state index in [0.29, 0.717) is 31.4 Å². The first-order chi connectivity index (χ1) is 16.8. The first-order valence-corrected chi connectivity index (χ1v) is 12.8. The van der Waals surface area contributed by atoms with E-state index in [2.05, 4.69) is 18.3 Å². The highest BCUT2D eigenvalue weighted by molar-refractivity contribution is 5.95. The van der Waals surface area contributed by atoms with Crippen LogP contribution in [0.15, 0.2) is 35.9 Å². The molecule has 2 aliphatic heterocycles. The normalized spacial score (nSPS) is 30.5. The Bertz CT molecular complexity index is 991. The lowest BCUT2D eigenvalue weighted by Gasteiger charge is -2.48. The van der Waals surface area contributed by atoms with E-state index >= 15 is 0 Å². The van der Waals surface area contributed by atoms with Crippen molar-refractivity contribution in [2.24, 2.45) is 17.4 Å². The van der Waals surface area contributed by atoms with Gasteiger partial charge in [-0.25, -0.2) is 0 Å². The standard InChI is InChI=1S/C27H39N5O3/c1-3-19-13-21(25(33)31-16-18-9-11-20(12-10-18)24(28)29)32-23(19)22(35-2)15-27(30,26(32)34)14-17-7-5-4-6-8-17/h7,9-12,19,21-23H,3-6,8,13-16,30H2,1-2H3,(H3,28,29)(H,31,33)/t19?,21?,22?,23?,27-/m1/s1. The molecule has 8 nitrogen and oxygen atoms in total. The minimum atomic E-state index is -1.05. The molecule has 2 heterocycles. The second-order valence-corrected chi connectivity index (χ2v) is 10.4. The molecule has 8 heteroatoms. The summed E-state index contributed by atoms with van der Waals surface area (Å²) in [6, 6.07) is 6.53. The maximum Gasteiger partial charge on any atom is 0.244 e. The molecule has 1 aromatic carbocycles. The Morgan fingerprint density at radius 3 is 2.63 bits per heavy atom. The van der Waals surface area contributed by atoms with Crippen molar-refractivity contribution in [3.05, 3.63) is 47.0 Å². The number of amidine groups is 1. The highest BCUT2D eigenvalue weighted by Crippen LogP contribution is 2.44. The quantitative estimate of drug-likeness (QED) is 0.257. The second-order valence-electron chi connectivity index (χ2n) is 10.4. The van der Waals surface area contributed by atoms with E-state index in [1.165, 1.54) is 12.0 Å². The molecule has 6 N–H and O–H groups in total.